The highest BCUT2D eigenvalue weighted by atomic mass is 127. The van der Waals surface area contributed by atoms with Gasteiger partial charge in [0.15, 0.2) is 0 Å². The number of pyridine rings is 1. The molecule has 2 nitrogen and oxygen atoms in total. The average molecular weight is 369 g/mol. The summed E-state index contributed by atoms with van der Waals surface area (Å²) in [6.07, 6.45) is 3.95. The van der Waals surface area contributed by atoms with Gasteiger partial charge in [-0.25, -0.2) is 0 Å². The van der Waals surface area contributed by atoms with Gasteiger partial charge in [0.05, 0.1) is 17.4 Å². The Bertz CT molecular complexity index is 455. The van der Waals surface area contributed by atoms with Crippen LogP contribution in [0.2, 0.25) is 0 Å². The van der Waals surface area contributed by atoms with E-state index in [0.29, 0.717) is 0 Å². The van der Waals surface area contributed by atoms with Crippen molar-refractivity contribution in [3.8, 4) is 0 Å². The van der Waals surface area contributed by atoms with E-state index in [2.05, 4.69) is 52.2 Å². The van der Waals surface area contributed by atoms with Gasteiger partial charge in [-0.3, -0.25) is 8.96 Å². The van der Waals surface area contributed by atoms with Crippen LogP contribution in [0.4, 0.5) is 0 Å². The van der Waals surface area contributed by atoms with Crippen LogP contribution in [0, 0.1) is 6.92 Å². The number of fused-ring (bicyclic) bond motifs is 1. The minimum absolute atomic E-state index is 1.03. The van der Waals surface area contributed by atoms with Crippen LogP contribution >= 0.6 is 46.3 Å². The molecule has 0 aliphatic rings. The molecule has 13 heavy (non-hydrogen) atoms. The Kier molecular flexibility index (Phi) is 2.85. The van der Waals surface area contributed by atoms with Crippen molar-refractivity contribution < 1.29 is 0 Å². The third-order valence-electron chi connectivity index (χ3n) is 1.90. The summed E-state index contributed by atoms with van der Waals surface area (Å²) in [4.78, 5) is 4.30. The molecule has 0 spiro atoms. The van der Waals surface area contributed by atoms with Crippen molar-refractivity contribution in [2.24, 2.45) is 0 Å². The number of aryl methyl sites for hydroxylation is 1. The van der Waals surface area contributed by atoms with E-state index < -0.39 is 0 Å². The lowest BCUT2D eigenvalue weighted by atomic mass is 10.3. The Labute approximate surface area is 101 Å². The Hall–Kier alpha value is 0.250. The van der Waals surface area contributed by atoms with Crippen LogP contribution in [0.3, 0.4) is 0 Å². The van der Waals surface area contributed by atoms with Crippen molar-refractivity contribution >= 4 is 57.2 Å². The Morgan fingerprint density at radius 1 is 1.62 bits per heavy atom. The molecule has 2 rings (SSSR count). The van der Waals surface area contributed by atoms with Gasteiger partial charge in [-0.2, -0.15) is 0 Å². The van der Waals surface area contributed by atoms with Crippen LogP contribution in [-0.4, -0.2) is 8.96 Å². The van der Waals surface area contributed by atoms with Gasteiger partial charge in [-0.1, -0.05) is 0 Å². The van der Waals surface area contributed by atoms with E-state index in [1.807, 2.05) is 19.3 Å². The second kappa shape index (κ2) is 3.78. The standard InChI is InChI=1S/C8H6BrIN2S/c1-5-8(9)6-2-3-12(13-10)7(6)4-11-5/h2-4H,1H3. The first-order valence-electron chi connectivity index (χ1n) is 3.65. The molecule has 0 bridgehead atoms. The lowest BCUT2D eigenvalue weighted by Gasteiger charge is -2.00. The molecule has 0 atom stereocenters. The van der Waals surface area contributed by atoms with E-state index in [0.717, 1.165) is 15.7 Å². The molecule has 0 aliphatic heterocycles. The molecule has 2 aromatic rings. The predicted octanol–water partition coefficient (Wildman–Crippen LogP) is 3.95. The van der Waals surface area contributed by atoms with Crippen LogP contribution in [0.5, 0.6) is 0 Å². The van der Waals surface area contributed by atoms with E-state index in [4.69, 9.17) is 0 Å². The smallest absolute Gasteiger partial charge is 0.0793 e. The number of halogens is 2. The van der Waals surface area contributed by atoms with E-state index in [1.54, 1.807) is 9.12 Å². The second-order valence-corrected chi connectivity index (χ2v) is 5.17. The SMILES string of the molecule is Cc1ncc2c(ccn2SI)c1Br. The van der Waals surface area contributed by atoms with E-state index in [9.17, 15) is 0 Å². The van der Waals surface area contributed by atoms with Gasteiger partial charge < -0.3 is 0 Å². The molecule has 2 aromatic heterocycles. The number of hydrogen-bond acceptors (Lipinski definition) is 2. The molecule has 0 saturated heterocycles. The first-order chi connectivity index (χ1) is 6.24. The highest BCUT2D eigenvalue weighted by Gasteiger charge is 2.06. The van der Waals surface area contributed by atoms with Crippen molar-refractivity contribution in [1.29, 1.82) is 0 Å². The molecular weight excluding hydrogens is 363 g/mol. The zero-order valence-corrected chi connectivity index (χ0v) is 11.4. The molecule has 5 heteroatoms. The van der Waals surface area contributed by atoms with Crippen LogP contribution in [0.1, 0.15) is 5.69 Å². The largest absolute Gasteiger partial charge is 0.281 e. The monoisotopic (exact) mass is 368 g/mol. The summed E-state index contributed by atoms with van der Waals surface area (Å²) in [6.45, 7) is 2.00. The average Bonchev–Trinajstić information content (AvgIpc) is 2.55. The lowest BCUT2D eigenvalue weighted by molar-refractivity contribution is 1.19. The highest BCUT2D eigenvalue weighted by Crippen LogP contribution is 2.30. The summed E-state index contributed by atoms with van der Waals surface area (Å²) in [5.41, 5.74) is 2.18. The third kappa shape index (κ3) is 1.61. The molecule has 0 saturated carbocycles. The molecule has 68 valence electrons. The first kappa shape index (κ1) is 9.79. The molecule has 2 heterocycles. The van der Waals surface area contributed by atoms with E-state index in [1.165, 1.54) is 5.39 Å². The zero-order valence-electron chi connectivity index (χ0n) is 6.79. The van der Waals surface area contributed by atoms with Crippen molar-refractivity contribution in [2.45, 2.75) is 6.92 Å². The minimum atomic E-state index is 1.03. The van der Waals surface area contributed by atoms with E-state index in [-0.39, 0.29) is 0 Å². The van der Waals surface area contributed by atoms with Crippen LogP contribution < -0.4 is 0 Å². The van der Waals surface area contributed by atoms with Gasteiger partial charge in [0.1, 0.15) is 0 Å². The maximum absolute atomic E-state index is 4.30. The maximum Gasteiger partial charge on any atom is 0.0793 e. The molecular formula is C8H6BrIN2S. The fraction of sp³-hybridized carbons (Fsp3) is 0.125. The normalized spacial score (nSPS) is 11.0. The number of hydrogen-bond donors (Lipinski definition) is 0. The summed E-state index contributed by atoms with van der Waals surface area (Å²) in [6, 6.07) is 2.10. The van der Waals surface area contributed by atoms with Crippen molar-refractivity contribution in [3.05, 3.63) is 28.6 Å². The van der Waals surface area contributed by atoms with Crippen LogP contribution in [0.15, 0.2) is 22.9 Å². The van der Waals surface area contributed by atoms with Gasteiger partial charge in [-0.05, 0) is 28.9 Å². The van der Waals surface area contributed by atoms with Gasteiger partial charge in [0.25, 0.3) is 0 Å². The molecule has 0 amide bonds. The first-order valence-corrected chi connectivity index (χ1v) is 7.76. The number of aromatic nitrogens is 2. The molecule has 0 N–H and O–H groups in total. The highest BCUT2D eigenvalue weighted by molar-refractivity contribution is 14.2. The Balaban J connectivity index is 2.81. The lowest BCUT2D eigenvalue weighted by Crippen LogP contribution is -1.85. The molecule has 0 fully saturated rings. The molecule has 0 aromatic carbocycles. The third-order valence-corrected chi connectivity index (χ3v) is 4.64. The van der Waals surface area contributed by atoms with Crippen molar-refractivity contribution in [3.63, 3.8) is 0 Å². The summed E-state index contributed by atoms with van der Waals surface area (Å²) in [7, 11) is 1.65. The predicted molar refractivity (Wildman–Crippen MR) is 69.2 cm³/mol. The van der Waals surface area contributed by atoms with Crippen LogP contribution in [-0.2, 0) is 0 Å². The number of rotatable bonds is 1. The van der Waals surface area contributed by atoms with Gasteiger partial charge in [0.2, 0.25) is 0 Å². The summed E-state index contributed by atoms with van der Waals surface area (Å²) >= 11 is 5.79. The van der Waals surface area contributed by atoms with Gasteiger partial charge in [-0.15, -0.1) is 0 Å². The van der Waals surface area contributed by atoms with Gasteiger partial charge >= 0.3 is 0 Å². The molecule has 0 radical (unpaired) electrons. The minimum Gasteiger partial charge on any atom is -0.281 e. The number of nitrogens with zero attached hydrogens (tertiary/aromatic N) is 2. The van der Waals surface area contributed by atoms with Crippen molar-refractivity contribution in [1.82, 2.24) is 8.96 Å². The van der Waals surface area contributed by atoms with Crippen LogP contribution in [0.25, 0.3) is 10.9 Å². The second-order valence-electron chi connectivity index (χ2n) is 2.67. The van der Waals surface area contributed by atoms with Gasteiger partial charge in [0, 0.05) is 46.4 Å². The summed E-state index contributed by atoms with van der Waals surface area (Å²) in [5, 5.41) is 1.22. The maximum atomic E-state index is 4.30. The quantitative estimate of drug-likeness (QED) is 0.709. The summed E-state index contributed by atoms with van der Waals surface area (Å²) < 4.78 is 3.18. The van der Waals surface area contributed by atoms with E-state index >= 15 is 0 Å². The Morgan fingerprint density at radius 3 is 3.08 bits per heavy atom. The fourth-order valence-electron chi connectivity index (χ4n) is 1.21. The molecule has 0 unspecified atom stereocenters. The fourth-order valence-corrected chi connectivity index (χ4v) is 3.00. The summed E-state index contributed by atoms with van der Waals surface area (Å²) in [5.74, 6) is 0. The van der Waals surface area contributed by atoms with Crippen molar-refractivity contribution in [2.75, 3.05) is 0 Å². The zero-order chi connectivity index (χ0) is 9.42. The topological polar surface area (TPSA) is 17.8 Å². The Morgan fingerprint density at radius 2 is 2.38 bits per heavy atom. The molecule has 0 aliphatic carbocycles.